The molecule has 1 N–H and O–H groups in total. The van der Waals surface area contributed by atoms with Gasteiger partial charge in [0.1, 0.15) is 5.52 Å². The van der Waals surface area contributed by atoms with E-state index in [0.717, 1.165) is 28.4 Å². The summed E-state index contributed by atoms with van der Waals surface area (Å²) in [5.74, 6) is 1.06. The third-order valence-corrected chi connectivity index (χ3v) is 3.18. The van der Waals surface area contributed by atoms with Crippen LogP contribution in [0.15, 0.2) is 28.8 Å². The smallest absolute Gasteiger partial charge is 0.198 e. The molecule has 20 heavy (non-hydrogen) atoms. The lowest BCUT2D eigenvalue weighted by atomic mass is 10.2. The number of fused-ring (bicyclic) bond motifs is 1. The fraction of sp³-hybridized carbons (Fsp3) is 0.357. The molecular weight excluding hydrogens is 254 g/mol. The highest BCUT2D eigenvalue weighted by Gasteiger charge is 2.09. The van der Waals surface area contributed by atoms with Gasteiger partial charge in [-0.1, -0.05) is 19.1 Å². The second kappa shape index (κ2) is 4.96. The van der Waals surface area contributed by atoms with Crippen molar-refractivity contribution in [1.82, 2.24) is 20.0 Å². The lowest BCUT2D eigenvalue weighted by molar-refractivity contribution is 0.501. The summed E-state index contributed by atoms with van der Waals surface area (Å²) < 4.78 is 7.44. The molecule has 0 fully saturated rings. The largest absolute Gasteiger partial charge is 0.440 e. The number of hydrogen-bond donors (Lipinski definition) is 1. The van der Waals surface area contributed by atoms with Gasteiger partial charge >= 0.3 is 0 Å². The van der Waals surface area contributed by atoms with E-state index in [1.54, 1.807) is 10.9 Å². The van der Waals surface area contributed by atoms with E-state index in [-0.39, 0.29) is 0 Å². The van der Waals surface area contributed by atoms with Crippen LogP contribution in [-0.2, 0) is 13.6 Å². The Morgan fingerprint density at radius 3 is 2.90 bits per heavy atom. The van der Waals surface area contributed by atoms with E-state index in [2.05, 4.69) is 34.5 Å². The van der Waals surface area contributed by atoms with Crippen LogP contribution in [-0.4, -0.2) is 20.0 Å². The number of benzene rings is 1. The number of rotatable bonds is 4. The highest BCUT2D eigenvalue weighted by atomic mass is 16.3. The number of hydrogen-bond acceptors (Lipinski definition) is 5. The second-order valence-electron chi connectivity index (χ2n) is 5.09. The van der Waals surface area contributed by atoms with Crippen molar-refractivity contribution in [2.24, 2.45) is 7.05 Å². The molecule has 0 radical (unpaired) electrons. The van der Waals surface area contributed by atoms with E-state index in [1.165, 1.54) is 0 Å². The standard InChI is InChI=1S/C14H17N5O/c1-9(2)14-17-12-6-10(4-5-13(12)20-14)15-7-11-8-16-18-19(11)3/h4-6,8-9,15H,7H2,1-3H3. The van der Waals surface area contributed by atoms with Gasteiger partial charge in [0.05, 0.1) is 18.4 Å². The Morgan fingerprint density at radius 2 is 2.20 bits per heavy atom. The van der Waals surface area contributed by atoms with Crippen molar-refractivity contribution in [2.45, 2.75) is 26.3 Å². The molecule has 2 heterocycles. The Balaban J connectivity index is 1.80. The zero-order valence-corrected chi connectivity index (χ0v) is 11.8. The van der Waals surface area contributed by atoms with Crippen LogP contribution in [0.1, 0.15) is 31.4 Å². The molecule has 6 heteroatoms. The van der Waals surface area contributed by atoms with E-state index in [1.807, 2.05) is 25.2 Å². The van der Waals surface area contributed by atoms with Crippen molar-refractivity contribution < 1.29 is 4.42 Å². The Kier molecular flexibility index (Phi) is 3.14. The molecule has 0 aliphatic rings. The predicted molar refractivity (Wildman–Crippen MR) is 76.4 cm³/mol. The topological polar surface area (TPSA) is 68.8 Å². The van der Waals surface area contributed by atoms with Crippen LogP contribution in [0.5, 0.6) is 0 Å². The van der Waals surface area contributed by atoms with E-state index in [0.29, 0.717) is 12.5 Å². The minimum absolute atomic E-state index is 0.291. The first kappa shape index (κ1) is 12.7. The number of anilines is 1. The van der Waals surface area contributed by atoms with Crippen molar-refractivity contribution in [2.75, 3.05) is 5.32 Å². The normalized spacial score (nSPS) is 11.4. The number of aryl methyl sites for hydroxylation is 1. The predicted octanol–water partition coefficient (Wildman–Crippen LogP) is 2.69. The fourth-order valence-electron chi connectivity index (χ4n) is 1.97. The SMILES string of the molecule is CC(C)c1nc2cc(NCc3cnnn3C)ccc2o1. The van der Waals surface area contributed by atoms with Crippen LogP contribution in [0.25, 0.3) is 11.1 Å². The molecule has 0 aliphatic carbocycles. The van der Waals surface area contributed by atoms with Crippen LogP contribution in [0, 0.1) is 0 Å². The lowest BCUT2D eigenvalue weighted by Gasteiger charge is -2.05. The Bertz CT molecular complexity index is 728. The molecule has 0 amide bonds. The summed E-state index contributed by atoms with van der Waals surface area (Å²) in [7, 11) is 1.87. The van der Waals surface area contributed by atoms with Gasteiger partial charge in [0, 0.05) is 18.7 Å². The van der Waals surface area contributed by atoms with Crippen LogP contribution in [0.3, 0.4) is 0 Å². The van der Waals surface area contributed by atoms with Crippen molar-refractivity contribution >= 4 is 16.8 Å². The summed E-state index contributed by atoms with van der Waals surface area (Å²) >= 11 is 0. The van der Waals surface area contributed by atoms with Crippen LogP contribution in [0.4, 0.5) is 5.69 Å². The number of nitrogens with one attached hydrogen (secondary N) is 1. The summed E-state index contributed by atoms with van der Waals surface area (Å²) in [6, 6.07) is 5.92. The first-order valence-corrected chi connectivity index (χ1v) is 6.61. The Hall–Kier alpha value is -2.37. The minimum atomic E-state index is 0.291. The van der Waals surface area contributed by atoms with Gasteiger partial charge in [0.15, 0.2) is 11.5 Å². The van der Waals surface area contributed by atoms with Crippen LogP contribution < -0.4 is 5.32 Å². The molecule has 2 aromatic heterocycles. The Morgan fingerprint density at radius 1 is 1.35 bits per heavy atom. The molecule has 0 saturated carbocycles. The van der Waals surface area contributed by atoms with Crippen molar-refractivity contribution in [1.29, 1.82) is 0 Å². The third-order valence-electron chi connectivity index (χ3n) is 3.18. The van der Waals surface area contributed by atoms with Gasteiger partial charge in [-0.15, -0.1) is 5.10 Å². The lowest BCUT2D eigenvalue weighted by Crippen LogP contribution is -2.05. The maximum Gasteiger partial charge on any atom is 0.198 e. The molecule has 0 unspecified atom stereocenters. The summed E-state index contributed by atoms with van der Waals surface area (Å²) in [5.41, 5.74) is 3.72. The van der Waals surface area contributed by atoms with Crippen molar-refractivity contribution in [3.05, 3.63) is 36.0 Å². The highest BCUT2D eigenvalue weighted by molar-refractivity contribution is 5.77. The zero-order valence-electron chi connectivity index (χ0n) is 11.8. The van der Waals surface area contributed by atoms with E-state index in [4.69, 9.17) is 4.42 Å². The molecule has 0 aliphatic heterocycles. The van der Waals surface area contributed by atoms with Crippen molar-refractivity contribution in [3.8, 4) is 0 Å². The van der Waals surface area contributed by atoms with Gasteiger partial charge in [0.25, 0.3) is 0 Å². The van der Waals surface area contributed by atoms with E-state index < -0.39 is 0 Å². The fourth-order valence-corrected chi connectivity index (χ4v) is 1.97. The van der Waals surface area contributed by atoms with Crippen molar-refractivity contribution in [3.63, 3.8) is 0 Å². The van der Waals surface area contributed by atoms with Gasteiger partial charge < -0.3 is 9.73 Å². The summed E-state index contributed by atoms with van der Waals surface area (Å²) in [6.07, 6.45) is 1.75. The van der Waals surface area contributed by atoms with Gasteiger partial charge in [-0.25, -0.2) is 4.98 Å². The average Bonchev–Trinajstić information content (AvgIpc) is 3.01. The van der Waals surface area contributed by atoms with Gasteiger partial charge in [-0.3, -0.25) is 4.68 Å². The van der Waals surface area contributed by atoms with Gasteiger partial charge in [-0.05, 0) is 18.2 Å². The Labute approximate surface area is 116 Å². The van der Waals surface area contributed by atoms with E-state index >= 15 is 0 Å². The molecule has 3 rings (SSSR count). The van der Waals surface area contributed by atoms with Gasteiger partial charge in [0.2, 0.25) is 0 Å². The molecule has 0 saturated heterocycles. The summed E-state index contributed by atoms with van der Waals surface area (Å²) in [6.45, 7) is 4.81. The van der Waals surface area contributed by atoms with Crippen LogP contribution >= 0.6 is 0 Å². The van der Waals surface area contributed by atoms with Crippen LogP contribution in [0.2, 0.25) is 0 Å². The van der Waals surface area contributed by atoms with Gasteiger partial charge in [-0.2, -0.15) is 0 Å². The minimum Gasteiger partial charge on any atom is -0.440 e. The molecule has 0 bridgehead atoms. The molecule has 0 atom stereocenters. The summed E-state index contributed by atoms with van der Waals surface area (Å²) in [5, 5.41) is 11.1. The number of aromatic nitrogens is 4. The molecule has 104 valence electrons. The molecular formula is C14H17N5O. The molecule has 0 spiro atoms. The monoisotopic (exact) mass is 271 g/mol. The average molecular weight is 271 g/mol. The summed E-state index contributed by atoms with van der Waals surface area (Å²) in [4.78, 5) is 4.50. The first-order chi connectivity index (χ1) is 9.63. The second-order valence-corrected chi connectivity index (χ2v) is 5.09. The highest BCUT2D eigenvalue weighted by Crippen LogP contribution is 2.23. The number of oxazole rings is 1. The molecule has 3 aromatic rings. The third kappa shape index (κ3) is 2.36. The first-order valence-electron chi connectivity index (χ1n) is 6.61. The quantitative estimate of drug-likeness (QED) is 0.790. The molecule has 6 nitrogen and oxygen atoms in total. The molecule has 1 aromatic carbocycles. The number of nitrogens with zero attached hydrogens (tertiary/aromatic N) is 4. The maximum atomic E-state index is 5.69. The zero-order chi connectivity index (χ0) is 14.1. The van der Waals surface area contributed by atoms with E-state index in [9.17, 15) is 0 Å². The maximum absolute atomic E-state index is 5.69.